The van der Waals surface area contributed by atoms with Gasteiger partial charge in [0.2, 0.25) is 5.78 Å². The van der Waals surface area contributed by atoms with Crippen LogP contribution in [0.3, 0.4) is 0 Å². The number of furan rings is 1. The van der Waals surface area contributed by atoms with Crippen LogP contribution in [-0.2, 0) is 4.74 Å². The molecule has 0 saturated carbocycles. The van der Waals surface area contributed by atoms with Crippen LogP contribution in [0.1, 0.15) is 23.4 Å². The molecule has 1 aliphatic rings. The number of fused-ring (bicyclic) bond motifs is 1. The van der Waals surface area contributed by atoms with Crippen molar-refractivity contribution in [1.29, 1.82) is 0 Å². The molecule has 2 N–H and O–H groups in total. The van der Waals surface area contributed by atoms with E-state index >= 15 is 0 Å². The first kappa shape index (κ1) is 12.3. The quantitative estimate of drug-likeness (QED) is 0.863. The van der Waals surface area contributed by atoms with Gasteiger partial charge >= 0.3 is 0 Å². The lowest BCUT2D eigenvalue weighted by Crippen LogP contribution is -2.24. The number of carbonyl (C=O) groups excluding carboxylic acids is 1. The second kappa shape index (κ2) is 4.75. The van der Waals surface area contributed by atoms with Crippen LogP contribution in [0.15, 0.2) is 28.7 Å². The van der Waals surface area contributed by atoms with Crippen LogP contribution in [0, 0.1) is 5.82 Å². The number of benzene rings is 1. The van der Waals surface area contributed by atoms with Crippen molar-refractivity contribution in [2.75, 3.05) is 6.54 Å². The molecule has 0 aliphatic carbocycles. The molecule has 19 heavy (non-hydrogen) atoms. The predicted octanol–water partition coefficient (Wildman–Crippen LogP) is 2.26. The zero-order valence-electron chi connectivity index (χ0n) is 10.3. The third-order valence-corrected chi connectivity index (χ3v) is 3.38. The van der Waals surface area contributed by atoms with Gasteiger partial charge in [-0.3, -0.25) is 4.79 Å². The maximum Gasteiger partial charge on any atom is 0.226 e. The van der Waals surface area contributed by atoms with Crippen LogP contribution in [0.5, 0.6) is 0 Å². The summed E-state index contributed by atoms with van der Waals surface area (Å²) in [6, 6.07) is 5.71. The number of hydrogen-bond acceptors (Lipinski definition) is 4. The van der Waals surface area contributed by atoms with E-state index in [0.717, 1.165) is 6.42 Å². The van der Waals surface area contributed by atoms with Gasteiger partial charge < -0.3 is 14.9 Å². The monoisotopic (exact) mass is 263 g/mol. The Hall–Kier alpha value is -1.72. The number of carbonyl (C=O) groups is 1. The van der Waals surface area contributed by atoms with E-state index in [0.29, 0.717) is 23.9 Å². The Bertz CT molecular complexity index is 622. The summed E-state index contributed by atoms with van der Waals surface area (Å²) in [7, 11) is 0. The summed E-state index contributed by atoms with van der Waals surface area (Å²) >= 11 is 0. The molecular formula is C14H14FNO3. The van der Waals surface area contributed by atoms with Crippen LogP contribution < -0.4 is 5.73 Å². The van der Waals surface area contributed by atoms with Gasteiger partial charge in [0.1, 0.15) is 17.5 Å². The van der Waals surface area contributed by atoms with Crippen molar-refractivity contribution in [1.82, 2.24) is 0 Å². The lowest BCUT2D eigenvalue weighted by molar-refractivity contribution is 0.0385. The van der Waals surface area contributed by atoms with Crippen molar-refractivity contribution < 1.29 is 18.3 Å². The Balaban J connectivity index is 1.86. The van der Waals surface area contributed by atoms with Crippen molar-refractivity contribution in [3.8, 4) is 0 Å². The van der Waals surface area contributed by atoms with Crippen molar-refractivity contribution in [2.24, 2.45) is 5.73 Å². The third kappa shape index (κ3) is 2.27. The molecule has 0 bridgehead atoms. The van der Waals surface area contributed by atoms with Crippen LogP contribution >= 0.6 is 0 Å². The van der Waals surface area contributed by atoms with E-state index in [1.807, 2.05) is 0 Å². The molecule has 0 spiro atoms. The van der Waals surface area contributed by atoms with Gasteiger partial charge in [-0.15, -0.1) is 0 Å². The van der Waals surface area contributed by atoms with Crippen molar-refractivity contribution >= 4 is 16.8 Å². The van der Waals surface area contributed by atoms with E-state index in [9.17, 15) is 9.18 Å². The largest absolute Gasteiger partial charge is 0.453 e. The number of ether oxygens (including phenoxy) is 1. The van der Waals surface area contributed by atoms with Gasteiger partial charge in [0.05, 0.1) is 6.10 Å². The molecule has 2 aromatic rings. The first-order valence-corrected chi connectivity index (χ1v) is 6.26. The molecule has 0 radical (unpaired) electrons. The van der Waals surface area contributed by atoms with Gasteiger partial charge in [0.25, 0.3) is 0 Å². The number of Topliss-reactive ketones (excluding diaryl/α,β-unsaturated/α-hetero) is 1. The Morgan fingerprint density at radius 2 is 2.21 bits per heavy atom. The number of nitrogens with two attached hydrogens (primary N) is 1. The fourth-order valence-electron chi connectivity index (χ4n) is 2.37. The molecular weight excluding hydrogens is 249 g/mol. The topological polar surface area (TPSA) is 65.5 Å². The molecule has 3 rings (SSSR count). The molecule has 4 nitrogen and oxygen atoms in total. The number of hydrogen-bond donors (Lipinski definition) is 1. The zero-order chi connectivity index (χ0) is 13.4. The average molecular weight is 263 g/mol. The van der Waals surface area contributed by atoms with Gasteiger partial charge in [-0.1, -0.05) is 0 Å². The fourth-order valence-corrected chi connectivity index (χ4v) is 2.37. The number of ketones is 1. The Morgan fingerprint density at radius 3 is 2.95 bits per heavy atom. The Labute approximate surface area is 109 Å². The highest BCUT2D eigenvalue weighted by molar-refractivity contribution is 6.00. The summed E-state index contributed by atoms with van der Waals surface area (Å²) in [4.78, 5) is 12.2. The SMILES string of the molecule is NCC1CCC(C(=O)c2cc3cc(F)ccc3o2)O1. The molecule has 1 aromatic carbocycles. The molecule has 1 aromatic heterocycles. The summed E-state index contributed by atoms with van der Waals surface area (Å²) in [5.74, 6) is -0.344. The molecule has 2 unspecified atom stereocenters. The summed E-state index contributed by atoms with van der Waals surface area (Å²) < 4.78 is 24.1. The maximum atomic E-state index is 13.1. The molecule has 2 heterocycles. The van der Waals surface area contributed by atoms with Gasteiger partial charge in [-0.05, 0) is 37.1 Å². The predicted molar refractivity (Wildman–Crippen MR) is 67.5 cm³/mol. The fraction of sp³-hybridized carbons (Fsp3) is 0.357. The first-order chi connectivity index (χ1) is 9.17. The van der Waals surface area contributed by atoms with Crippen LogP contribution in [-0.4, -0.2) is 24.5 Å². The number of rotatable bonds is 3. The molecule has 5 heteroatoms. The minimum Gasteiger partial charge on any atom is -0.453 e. The maximum absolute atomic E-state index is 13.1. The lowest BCUT2D eigenvalue weighted by Gasteiger charge is -2.09. The molecule has 100 valence electrons. The van der Waals surface area contributed by atoms with E-state index < -0.39 is 6.10 Å². The van der Waals surface area contributed by atoms with Gasteiger partial charge in [-0.25, -0.2) is 4.39 Å². The zero-order valence-corrected chi connectivity index (χ0v) is 10.3. The molecule has 1 aliphatic heterocycles. The second-order valence-corrected chi connectivity index (χ2v) is 4.72. The van der Waals surface area contributed by atoms with Crippen LogP contribution in [0.4, 0.5) is 4.39 Å². The normalized spacial score (nSPS) is 23.1. The van der Waals surface area contributed by atoms with Gasteiger partial charge in [0, 0.05) is 11.9 Å². The second-order valence-electron chi connectivity index (χ2n) is 4.72. The summed E-state index contributed by atoms with van der Waals surface area (Å²) in [6.07, 6.45) is 0.864. The smallest absolute Gasteiger partial charge is 0.226 e. The molecule has 1 fully saturated rings. The van der Waals surface area contributed by atoms with E-state index in [2.05, 4.69) is 0 Å². The van der Waals surface area contributed by atoms with Crippen LogP contribution in [0.25, 0.3) is 11.0 Å². The summed E-state index contributed by atoms with van der Waals surface area (Å²) in [5.41, 5.74) is 6.01. The summed E-state index contributed by atoms with van der Waals surface area (Å²) in [5, 5.41) is 0.580. The van der Waals surface area contributed by atoms with Gasteiger partial charge in [-0.2, -0.15) is 0 Å². The lowest BCUT2D eigenvalue weighted by atomic mass is 10.1. The molecule has 2 atom stereocenters. The minimum atomic E-state index is -0.501. The number of halogens is 1. The van der Waals surface area contributed by atoms with Crippen molar-refractivity contribution in [2.45, 2.75) is 25.0 Å². The average Bonchev–Trinajstić information content (AvgIpc) is 3.03. The summed E-state index contributed by atoms with van der Waals surface area (Å²) in [6.45, 7) is 0.412. The highest BCUT2D eigenvalue weighted by Gasteiger charge is 2.32. The van der Waals surface area contributed by atoms with E-state index in [1.54, 1.807) is 6.07 Å². The molecule has 0 amide bonds. The van der Waals surface area contributed by atoms with Crippen molar-refractivity contribution in [3.05, 3.63) is 35.8 Å². The Kier molecular flexibility index (Phi) is 3.08. The highest BCUT2D eigenvalue weighted by Crippen LogP contribution is 2.26. The standard InChI is InChI=1S/C14H14FNO3/c15-9-1-3-11-8(5-9)6-13(19-11)14(17)12-4-2-10(7-16)18-12/h1,3,5-6,10,12H,2,4,7,16H2. The van der Waals surface area contributed by atoms with E-state index in [4.69, 9.17) is 14.9 Å². The minimum absolute atomic E-state index is 0.0595. The van der Waals surface area contributed by atoms with Crippen molar-refractivity contribution in [3.63, 3.8) is 0 Å². The molecule has 1 saturated heterocycles. The van der Waals surface area contributed by atoms with Gasteiger partial charge in [0.15, 0.2) is 5.76 Å². The van der Waals surface area contributed by atoms with E-state index in [1.165, 1.54) is 18.2 Å². The van der Waals surface area contributed by atoms with E-state index in [-0.39, 0.29) is 23.5 Å². The third-order valence-electron chi connectivity index (χ3n) is 3.38. The first-order valence-electron chi connectivity index (χ1n) is 6.26. The Morgan fingerprint density at radius 1 is 1.37 bits per heavy atom. The van der Waals surface area contributed by atoms with Crippen LogP contribution in [0.2, 0.25) is 0 Å². The highest BCUT2D eigenvalue weighted by atomic mass is 19.1.